The molecule has 14 heavy (non-hydrogen) atoms. The van der Waals surface area contributed by atoms with Crippen LogP contribution >= 0.6 is 12.6 Å². The average Bonchev–Trinajstić information content (AvgIpc) is 2.18. The summed E-state index contributed by atoms with van der Waals surface area (Å²) in [6.45, 7) is 0. The maximum atomic E-state index is 13.0. The van der Waals surface area contributed by atoms with E-state index in [1.165, 1.54) is 12.1 Å². The van der Waals surface area contributed by atoms with Crippen molar-refractivity contribution in [2.75, 3.05) is 11.1 Å². The van der Waals surface area contributed by atoms with Gasteiger partial charge < -0.3 is 5.32 Å². The first-order chi connectivity index (χ1) is 6.74. The number of hydrogen-bond donors (Lipinski definition) is 2. The van der Waals surface area contributed by atoms with Crippen LogP contribution in [0.2, 0.25) is 0 Å². The van der Waals surface area contributed by atoms with E-state index in [0.717, 1.165) is 0 Å². The fraction of sp³-hybridized carbons (Fsp3) is 0.300. The first kappa shape index (κ1) is 11.0. The van der Waals surface area contributed by atoms with E-state index in [0.29, 0.717) is 18.6 Å². The van der Waals surface area contributed by atoms with Crippen LogP contribution in [0.3, 0.4) is 0 Å². The summed E-state index contributed by atoms with van der Waals surface area (Å²) in [7, 11) is 0. The zero-order chi connectivity index (χ0) is 10.4. The molecule has 0 radical (unpaired) electrons. The highest BCUT2D eigenvalue weighted by Gasteiger charge is 2.04. The summed E-state index contributed by atoms with van der Waals surface area (Å²) in [6.07, 6.45) is 1.07. The van der Waals surface area contributed by atoms with Crippen molar-refractivity contribution in [1.82, 2.24) is 0 Å². The highest BCUT2D eigenvalue weighted by molar-refractivity contribution is 7.80. The summed E-state index contributed by atoms with van der Waals surface area (Å²) in [5, 5.41) is 2.50. The minimum Gasteiger partial charge on any atom is -0.324 e. The molecule has 4 heteroatoms. The Morgan fingerprint density at radius 3 is 2.79 bits per heavy atom. The van der Waals surface area contributed by atoms with Gasteiger partial charge in [0.05, 0.1) is 5.69 Å². The molecule has 1 N–H and O–H groups in total. The van der Waals surface area contributed by atoms with E-state index in [9.17, 15) is 9.18 Å². The predicted molar refractivity (Wildman–Crippen MR) is 58.1 cm³/mol. The standard InChI is InChI=1S/C10H12FNOS/c11-8-4-1-2-5-9(8)12-10(13)6-3-7-14/h1-2,4-5,14H,3,6-7H2,(H,12,13). The zero-order valence-electron chi connectivity index (χ0n) is 7.66. The lowest BCUT2D eigenvalue weighted by molar-refractivity contribution is -0.116. The maximum absolute atomic E-state index is 13.0. The van der Waals surface area contributed by atoms with Gasteiger partial charge in [0.1, 0.15) is 5.82 Å². The second-order valence-corrected chi connectivity index (χ2v) is 3.30. The van der Waals surface area contributed by atoms with E-state index < -0.39 is 5.82 Å². The van der Waals surface area contributed by atoms with Crippen LogP contribution in [-0.2, 0) is 4.79 Å². The zero-order valence-corrected chi connectivity index (χ0v) is 8.56. The van der Waals surface area contributed by atoms with E-state index in [2.05, 4.69) is 17.9 Å². The Kier molecular flexibility index (Phi) is 4.46. The van der Waals surface area contributed by atoms with Crippen LogP contribution in [0.1, 0.15) is 12.8 Å². The van der Waals surface area contributed by atoms with Crippen molar-refractivity contribution < 1.29 is 9.18 Å². The molecule has 1 rings (SSSR count). The van der Waals surface area contributed by atoms with Gasteiger partial charge in [-0.05, 0) is 24.3 Å². The molecule has 1 aromatic carbocycles. The third kappa shape index (κ3) is 3.38. The SMILES string of the molecule is O=C(CCCS)Nc1ccccc1F. The smallest absolute Gasteiger partial charge is 0.224 e. The second-order valence-electron chi connectivity index (χ2n) is 2.86. The number of nitrogens with one attached hydrogen (secondary N) is 1. The molecule has 0 unspecified atom stereocenters. The Hall–Kier alpha value is -1.03. The molecule has 0 aromatic heterocycles. The molecule has 0 aliphatic carbocycles. The van der Waals surface area contributed by atoms with Crippen molar-refractivity contribution in [2.45, 2.75) is 12.8 Å². The monoisotopic (exact) mass is 213 g/mol. The van der Waals surface area contributed by atoms with Crippen LogP contribution in [0.25, 0.3) is 0 Å². The highest BCUT2D eigenvalue weighted by Crippen LogP contribution is 2.12. The summed E-state index contributed by atoms with van der Waals surface area (Å²) in [5.74, 6) is 0.0703. The highest BCUT2D eigenvalue weighted by atomic mass is 32.1. The van der Waals surface area contributed by atoms with Crippen molar-refractivity contribution >= 4 is 24.2 Å². The molecular weight excluding hydrogens is 201 g/mol. The quantitative estimate of drug-likeness (QED) is 0.739. The van der Waals surface area contributed by atoms with Gasteiger partial charge in [0.25, 0.3) is 0 Å². The van der Waals surface area contributed by atoms with Crippen LogP contribution in [-0.4, -0.2) is 11.7 Å². The number of carbonyl (C=O) groups is 1. The number of benzene rings is 1. The van der Waals surface area contributed by atoms with E-state index >= 15 is 0 Å². The topological polar surface area (TPSA) is 29.1 Å². The Morgan fingerprint density at radius 2 is 2.14 bits per heavy atom. The molecule has 0 fully saturated rings. The largest absolute Gasteiger partial charge is 0.324 e. The van der Waals surface area contributed by atoms with E-state index in [4.69, 9.17) is 0 Å². The molecule has 0 spiro atoms. The van der Waals surface area contributed by atoms with Crippen molar-refractivity contribution in [2.24, 2.45) is 0 Å². The number of amides is 1. The van der Waals surface area contributed by atoms with Gasteiger partial charge in [-0.25, -0.2) is 4.39 Å². The molecule has 0 bridgehead atoms. The molecule has 0 aliphatic rings. The fourth-order valence-electron chi connectivity index (χ4n) is 1.01. The lowest BCUT2D eigenvalue weighted by atomic mass is 10.2. The van der Waals surface area contributed by atoms with E-state index in [1.54, 1.807) is 12.1 Å². The number of thiol groups is 1. The molecule has 1 aromatic rings. The molecule has 0 heterocycles. The van der Waals surface area contributed by atoms with E-state index in [-0.39, 0.29) is 11.6 Å². The van der Waals surface area contributed by atoms with Crippen molar-refractivity contribution in [3.63, 3.8) is 0 Å². The van der Waals surface area contributed by atoms with Gasteiger partial charge in [0, 0.05) is 6.42 Å². The predicted octanol–water partition coefficient (Wildman–Crippen LogP) is 2.47. The van der Waals surface area contributed by atoms with Crippen molar-refractivity contribution in [3.8, 4) is 0 Å². The second kappa shape index (κ2) is 5.65. The third-order valence-corrected chi connectivity index (χ3v) is 2.03. The summed E-state index contributed by atoms with van der Waals surface area (Å²) < 4.78 is 13.0. The number of para-hydroxylation sites is 1. The fourth-order valence-corrected chi connectivity index (χ4v) is 1.17. The Labute approximate surface area is 87.9 Å². The Bertz CT molecular complexity index is 317. The Morgan fingerprint density at radius 1 is 1.43 bits per heavy atom. The van der Waals surface area contributed by atoms with Gasteiger partial charge in [-0.1, -0.05) is 12.1 Å². The minimum absolute atomic E-state index is 0.177. The molecule has 0 saturated heterocycles. The van der Waals surface area contributed by atoms with Gasteiger partial charge in [-0.15, -0.1) is 0 Å². The lowest BCUT2D eigenvalue weighted by Crippen LogP contribution is -2.12. The van der Waals surface area contributed by atoms with E-state index in [1.807, 2.05) is 0 Å². The first-order valence-corrected chi connectivity index (χ1v) is 5.02. The Balaban J connectivity index is 2.52. The number of rotatable bonds is 4. The normalized spacial score (nSPS) is 9.86. The van der Waals surface area contributed by atoms with Crippen LogP contribution in [0, 0.1) is 5.82 Å². The van der Waals surface area contributed by atoms with Crippen LogP contribution in [0.5, 0.6) is 0 Å². The summed E-state index contributed by atoms with van der Waals surface area (Å²) in [5.41, 5.74) is 0.233. The maximum Gasteiger partial charge on any atom is 0.224 e. The van der Waals surface area contributed by atoms with Gasteiger partial charge in [0.15, 0.2) is 0 Å². The molecule has 1 amide bonds. The summed E-state index contributed by atoms with van der Waals surface area (Å²) in [6, 6.07) is 6.11. The third-order valence-electron chi connectivity index (χ3n) is 1.71. The lowest BCUT2D eigenvalue weighted by Gasteiger charge is -2.04. The molecule has 0 atom stereocenters. The van der Waals surface area contributed by atoms with Gasteiger partial charge in [0.2, 0.25) is 5.91 Å². The van der Waals surface area contributed by atoms with Gasteiger partial charge >= 0.3 is 0 Å². The van der Waals surface area contributed by atoms with Gasteiger partial charge in [-0.2, -0.15) is 12.6 Å². The number of carbonyl (C=O) groups excluding carboxylic acids is 1. The van der Waals surface area contributed by atoms with Crippen LogP contribution in [0.15, 0.2) is 24.3 Å². The number of halogens is 1. The van der Waals surface area contributed by atoms with Crippen LogP contribution < -0.4 is 5.32 Å². The molecule has 76 valence electrons. The number of anilines is 1. The summed E-state index contributed by atoms with van der Waals surface area (Å²) in [4.78, 5) is 11.2. The number of hydrogen-bond acceptors (Lipinski definition) is 2. The summed E-state index contributed by atoms with van der Waals surface area (Å²) >= 11 is 3.99. The van der Waals surface area contributed by atoms with Crippen molar-refractivity contribution in [3.05, 3.63) is 30.1 Å². The van der Waals surface area contributed by atoms with Crippen molar-refractivity contribution in [1.29, 1.82) is 0 Å². The molecule has 2 nitrogen and oxygen atoms in total. The molecular formula is C10H12FNOS. The molecule has 0 aliphatic heterocycles. The minimum atomic E-state index is -0.410. The van der Waals surface area contributed by atoms with Crippen LogP contribution in [0.4, 0.5) is 10.1 Å². The average molecular weight is 213 g/mol. The molecule has 0 saturated carbocycles. The van der Waals surface area contributed by atoms with Gasteiger partial charge in [-0.3, -0.25) is 4.79 Å². The first-order valence-electron chi connectivity index (χ1n) is 4.39.